The Bertz CT molecular complexity index is 141. The van der Waals surface area contributed by atoms with Crippen LogP contribution in [0, 0.1) is 0 Å². The zero-order valence-corrected chi connectivity index (χ0v) is 6.97. The third-order valence-electron chi connectivity index (χ3n) is 0.909. The number of hydrogen-bond acceptors (Lipinski definition) is 4. The predicted octanol–water partition coefficient (Wildman–Crippen LogP) is 1.89. The molecule has 0 radical (unpaired) electrons. The summed E-state index contributed by atoms with van der Waals surface area (Å²) in [4.78, 5) is 0. The van der Waals surface area contributed by atoms with E-state index in [1.165, 1.54) is 0 Å². The maximum Gasteiger partial charge on any atom is 0.369 e. The largest absolute Gasteiger partial charge is 0.428 e. The highest BCUT2D eigenvalue weighted by Crippen LogP contribution is 2.12. The van der Waals surface area contributed by atoms with Crippen molar-refractivity contribution in [3.63, 3.8) is 0 Å². The molecule has 0 aromatic rings. The summed E-state index contributed by atoms with van der Waals surface area (Å²) in [5.41, 5.74) is 0. The van der Waals surface area contributed by atoms with E-state index in [9.17, 15) is 17.6 Å². The lowest BCUT2D eigenvalue weighted by molar-refractivity contribution is -0.0974. The van der Waals surface area contributed by atoms with Crippen LogP contribution in [0.1, 0.15) is 0 Å². The zero-order chi connectivity index (χ0) is 10.8. The molecule has 14 heavy (non-hydrogen) atoms. The molecule has 0 spiro atoms. The monoisotopic (exact) mass is 220 g/mol. The summed E-state index contributed by atoms with van der Waals surface area (Å²) in [6, 6.07) is 0. The zero-order valence-electron chi connectivity index (χ0n) is 6.97. The van der Waals surface area contributed by atoms with E-state index in [2.05, 4.69) is 18.9 Å². The van der Waals surface area contributed by atoms with Crippen molar-refractivity contribution in [3.05, 3.63) is 11.9 Å². The molecule has 0 aliphatic rings. The molecular formula is C6H8F4O4. The fourth-order valence-corrected chi connectivity index (χ4v) is 0.517. The summed E-state index contributed by atoms with van der Waals surface area (Å²) in [6.07, 6.45) is 0. The van der Waals surface area contributed by atoms with Crippen LogP contribution in [0.2, 0.25) is 0 Å². The molecule has 0 N–H and O–H groups in total. The molecule has 4 nitrogen and oxygen atoms in total. The molecule has 0 rings (SSSR count). The maximum atomic E-state index is 11.7. The SMILES string of the molecule is FCOC(OCF)=C(OCF)OCF. The molecular weight excluding hydrogens is 212 g/mol. The second kappa shape index (κ2) is 8.27. The van der Waals surface area contributed by atoms with Crippen molar-refractivity contribution in [3.8, 4) is 0 Å². The third-order valence-corrected chi connectivity index (χ3v) is 0.909. The number of alkyl halides is 4. The van der Waals surface area contributed by atoms with E-state index in [0.29, 0.717) is 0 Å². The van der Waals surface area contributed by atoms with Gasteiger partial charge in [-0.3, -0.25) is 0 Å². The van der Waals surface area contributed by atoms with Crippen LogP contribution in [0.4, 0.5) is 17.6 Å². The molecule has 8 heteroatoms. The minimum Gasteiger partial charge on any atom is -0.428 e. The lowest BCUT2D eigenvalue weighted by Gasteiger charge is -2.11. The Morgan fingerprint density at radius 1 is 0.571 bits per heavy atom. The van der Waals surface area contributed by atoms with Gasteiger partial charge < -0.3 is 18.9 Å². The van der Waals surface area contributed by atoms with Crippen LogP contribution in [-0.4, -0.2) is 27.4 Å². The second-order valence-corrected chi connectivity index (χ2v) is 1.59. The van der Waals surface area contributed by atoms with Crippen molar-refractivity contribution in [2.75, 3.05) is 27.4 Å². The third kappa shape index (κ3) is 4.63. The predicted molar refractivity (Wildman–Crippen MR) is 35.3 cm³/mol. The molecule has 0 aliphatic carbocycles. The first kappa shape index (κ1) is 12.7. The lowest BCUT2D eigenvalue weighted by Crippen LogP contribution is -2.07. The van der Waals surface area contributed by atoms with Crippen LogP contribution in [0.25, 0.3) is 0 Å². The summed E-state index contributed by atoms with van der Waals surface area (Å²) in [6.45, 7) is -5.54. The van der Waals surface area contributed by atoms with Gasteiger partial charge >= 0.3 is 11.9 Å². The summed E-state index contributed by atoms with van der Waals surface area (Å²) in [5.74, 6) is -1.80. The van der Waals surface area contributed by atoms with Crippen molar-refractivity contribution in [1.82, 2.24) is 0 Å². The van der Waals surface area contributed by atoms with Crippen molar-refractivity contribution in [2.24, 2.45) is 0 Å². The molecule has 0 aromatic carbocycles. The van der Waals surface area contributed by atoms with E-state index < -0.39 is 39.3 Å². The Labute approximate surface area is 77.0 Å². The molecule has 84 valence electrons. The molecule has 0 bridgehead atoms. The average molecular weight is 220 g/mol. The normalized spacial score (nSPS) is 9.14. The second-order valence-electron chi connectivity index (χ2n) is 1.59. The number of hydrogen-bond donors (Lipinski definition) is 0. The van der Waals surface area contributed by atoms with Crippen LogP contribution in [0.5, 0.6) is 0 Å². The summed E-state index contributed by atoms with van der Waals surface area (Å²) < 4.78 is 62.7. The molecule has 0 fully saturated rings. The molecule has 0 saturated carbocycles. The Kier molecular flexibility index (Phi) is 7.48. The summed E-state index contributed by atoms with van der Waals surface area (Å²) in [7, 11) is 0. The minimum absolute atomic E-state index is 0.898. The van der Waals surface area contributed by atoms with Crippen molar-refractivity contribution in [2.45, 2.75) is 0 Å². The van der Waals surface area contributed by atoms with Gasteiger partial charge in [0.25, 0.3) is 0 Å². The van der Waals surface area contributed by atoms with Gasteiger partial charge in [0.2, 0.25) is 27.4 Å². The fraction of sp³-hybridized carbons (Fsp3) is 0.667. The highest BCUT2D eigenvalue weighted by molar-refractivity contribution is 4.85. The van der Waals surface area contributed by atoms with Crippen molar-refractivity contribution >= 4 is 0 Å². The Morgan fingerprint density at radius 3 is 0.929 bits per heavy atom. The molecule has 0 aromatic heterocycles. The van der Waals surface area contributed by atoms with Crippen LogP contribution in [0.15, 0.2) is 11.9 Å². The maximum absolute atomic E-state index is 11.7. The standard InChI is InChI=1S/C6H8F4O4/c7-1-11-5(12-2-8)6(13-3-9)14-4-10/h1-4H2. The lowest BCUT2D eigenvalue weighted by atomic mass is 10.8. The smallest absolute Gasteiger partial charge is 0.369 e. The van der Waals surface area contributed by atoms with Crippen LogP contribution < -0.4 is 0 Å². The Morgan fingerprint density at radius 2 is 0.786 bits per heavy atom. The first-order valence-corrected chi connectivity index (χ1v) is 3.29. The van der Waals surface area contributed by atoms with E-state index in [-0.39, 0.29) is 0 Å². The number of ether oxygens (including phenoxy) is 4. The van der Waals surface area contributed by atoms with Gasteiger partial charge in [0.05, 0.1) is 0 Å². The van der Waals surface area contributed by atoms with Gasteiger partial charge in [-0.1, -0.05) is 0 Å². The van der Waals surface area contributed by atoms with Crippen molar-refractivity contribution < 1.29 is 36.5 Å². The highest BCUT2D eigenvalue weighted by Gasteiger charge is 2.14. The first-order valence-electron chi connectivity index (χ1n) is 3.29. The number of rotatable bonds is 8. The quantitative estimate of drug-likeness (QED) is 0.462. The first-order chi connectivity index (χ1) is 6.79. The van der Waals surface area contributed by atoms with E-state index in [4.69, 9.17) is 0 Å². The molecule has 0 aliphatic heterocycles. The van der Waals surface area contributed by atoms with Gasteiger partial charge in [0, 0.05) is 0 Å². The van der Waals surface area contributed by atoms with E-state index in [0.717, 1.165) is 0 Å². The Hall–Kier alpha value is -1.34. The van der Waals surface area contributed by atoms with Gasteiger partial charge in [-0.25, -0.2) is 17.6 Å². The van der Waals surface area contributed by atoms with Crippen LogP contribution >= 0.6 is 0 Å². The van der Waals surface area contributed by atoms with E-state index in [1.54, 1.807) is 0 Å². The van der Waals surface area contributed by atoms with Gasteiger partial charge in [0.1, 0.15) is 0 Å². The molecule has 0 unspecified atom stereocenters. The van der Waals surface area contributed by atoms with Crippen molar-refractivity contribution in [1.29, 1.82) is 0 Å². The molecule has 0 amide bonds. The molecule has 0 heterocycles. The van der Waals surface area contributed by atoms with Crippen LogP contribution in [-0.2, 0) is 18.9 Å². The van der Waals surface area contributed by atoms with E-state index in [1.807, 2.05) is 0 Å². The Balaban J connectivity index is 4.45. The molecule has 0 atom stereocenters. The average Bonchev–Trinajstić information content (AvgIpc) is 2.17. The van der Waals surface area contributed by atoms with Gasteiger partial charge in [-0.05, 0) is 0 Å². The highest BCUT2D eigenvalue weighted by atomic mass is 19.1. The summed E-state index contributed by atoms with van der Waals surface area (Å²) in [5, 5.41) is 0. The van der Waals surface area contributed by atoms with Gasteiger partial charge in [0.15, 0.2) is 0 Å². The fourth-order valence-electron chi connectivity index (χ4n) is 0.517. The van der Waals surface area contributed by atoms with Gasteiger partial charge in [-0.2, -0.15) is 0 Å². The minimum atomic E-state index is -1.38. The van der Waals surface area contributed by atoms with E-state index >= 15 is 0 Å². The topological polar surface area (TPSA) is 36.9 Å². The summed E-state index contributed by atoms with van der Waals surface area (Å²) >= 11 is 0. The van der Waals surface area contributed by atoms with Crippen LogP contribution in [0.3, 0.4) is 0 Å². The number of halogens is 4. The molecule has 0 saturated heterocycles. The van der Waals surface area contributed by atoms with Gasteiger partial charge in [-0.15, -0.1) is 0 Å².